The van der Waals surface area contributed by atoms with Crippen LogP contribution in [0, 0.1) is 11.8 Å². The first-order chi connectivity index (χ1) is 24.0. The van der Waals surface area contributed by atoms with Gasteiger partial charge in [0.05, 0.1) is 0 Å². The van der Waals surface area contributed by atoms with E-state index in [2.05, 4.69) is 33.4 Å². The highest BCUT2D eigenvalue weighted by molar-refractivity contribution is 5.89. The Morgan fingerprint density at radius 1 is 0.940 bits per heavy atom. The third kappa shape index (κ3) is 12.2. The van der Waals surface area contributed by atoms with Gasteiger partial charge in [0.15, 0.2) is 0 Å². The van der Waals surface area contributed by atoms with Crippen LogP contribution in [0.5, 0.6) is 5.75 Å². The van der Waals surface area contributed by atoms with Crippen molar-refractivity contribution in [2.75, 3.05) is 13.1 Å². The second kappa shape index (κ2) is 19.1. The van der Waals surface area contributed by atoms with Crippen molar-refractivity contribution in [3.8, 4) is 5.75 Å². The second-order valence-corrected chi connectivity index (χ2v) is 14.4. The minimum Gasteiger partial charge on any atom is -0.508 e. The minimum atomic E-state index is -0.817. The van der Waals surface area contributed by atoms with Gasteiger partial charge in [0.2, 0.25) is 29.5 Å². The number of carbonyl (C=O) groups is 5. The van der Waals surface area contributed by atoms with E-state index in [-0.39, 0.29) is 91.6 Å². The Kier molecular flexibility index (Phi) is 14.7. The van der Waals surface area contributed by atoms with Crippen molar-refractivity contribution in [3.05, 3.63) is 65.7 Å². The number of fused-ring (bicyclic) bond motifs is 1. The minimum absolute atomic E-state index is 0.00117. The van der Waals surface area contributed by atoms with Crippen LogP contribution in [0.1, 0.15) is 89.7 Å². The molecule has 272 valence electrons. The summed E-state index contributed by atoms with van der Waals surface area (Å²) in [6.45, 7) is 6.53. The maximum absolute atomic E-state index is 13.8. The number of aromatic hydroxyl groups is 1. The van der Waals surface area contributed by atoms with Gasteiger partial charge in [-0.15, -0.1) is 0 Å². The number of nitrogens with one attached hydrogen (secondary N) is 4. The number of unbranched alkanes of at least 4 members (excludes halogenated alkanes) is 1. The van der Waals surface area contributed by atoms with Gasteiger partial charge in [-0.25, -0.2) is 0 Å². The molecule has 0 spiro atoms. The molecule has 5 atom stereocenters. The number of amides is 5. The molecule has 2 aliphatic rings. The van der Waals surface area contributed by atoms with Gasteiger partial charge in [-0.05, 0) is 80.0 Å². The van der Waals surface area contributed by atoms with Gasteiger partial charge in [0.25, 0.3) is 0 Å². The van der Waals surface area contributed by atoms with Crippen molar-refractivity contribution in [2.24, 2.45) is 11.8 Å². The van der Waals surface area contributed by atoms with Crippen LogP contribution in [0.25, 0.3) is 0 Å². The van der Waals surface area contributed by atoms with E-state index < -0.39 is 12.1 Å². The van der Waals surface area contributed by atoms with E-state index in [1.807, 2.05) is 39.0 Å². The number of benzene rings is 2. The van der Waals surface area contributed by atoms with Crippen molar-refractivity contribution in [3.63, 3.8) is 0 Å². The molecule has 0 unspecified atom stereocenters. The van der Waals surface area contributed by atoms with E-state index >= 15 is 0 Å². The van der Waals surface area contributed by atoms with Gasteiger partial charge in [-0.3, -0.25) is 24.0 Å². The summed E-state index contributed by atoms with van der Waals surface area (Å²) in [5.74, 6) is -0.852. The standard InChI is InChI=1S/C39H55N5O6/c1-26(2)32-20-15-27(3)22-36(47)42-33(23-29-16-18-31(45)19-17-29)38(49)40-21-9-14-37(48)44-25-30(24-34(44)39(50)43-32)41-35(46)13-8-7-12-28-10-5-4-6-11-28/h4-6,10-11,16-19,26-27,30,32-34,45H,7-9,12-15,20-25H2,1-3H3,(H,40,49)(H,41,46)(H,42,47)(H,43,50)/t27-,30-,32+,33+,34+/m1/s1. The normalized spacial score (nSPS) is 24.4. The Morgan fingerprint density at radius 3 is 2.40 bits per heavy atom. The maximum atomic E-state index is 13.8. The van der Waals surface area contributed by atoms with Crippen LogP contribution in [0.2, 0.25) is 0 Å². The molecule has 2 aromatic rings. The molecular weight excluding hydrogens is 634 g/mol. The molecule has 0 radical (unpaired) electrons. The molecule has 2 saturated heterocycles. The number of rotatable bonds is 9. The summed E-state index contributed by atoms with van der Waals surface area (Å²) in [6.07, 6.45) is 5.55. The monoisotopic (exact) mass is 689 g/mol. The van der Waals surface area contributed by atoms with E-state index in [9.17, 15) is 29.1 Å². The highest BCUT2D eigenvalue weighted by atomic mass is 16.3. The van der Waals surface area contributed by atoms with E-state index in [1.54, 1.807) is 29.2 Å². The zero-order valence-electron chi connectivity index (χ0n) is 29.8. The molecule has 11 nitrogen and oxygen atoms in total. The number of phenols is 1. The lowest BCUT2D eigenvalue weighted by atomic mass is 9.92. The quantitative estimate of drug-likeness (QED) is 0.253. The highest BCUT2D eigenvalue weighted by Crippen LogP contribution is 2.23. The van der Waals surface area contributed by atoms with Crippen LogP contribution in [0.15, 0.2) is 54.6 Å². The molecule has 11 heteroatoms. The van der Waals surface area contributed by atoms with Gasteiger partial charge in [0.1, 0.15) is 17.8 Å². The fraction of sp³-hybridized carbons (Fsp3) is 0.564. The predicted octanol–water partition coefficient (Wildman–Crippen LogP) is 3.78. The molecule has 0 aromatic heterocycles. The van der Waals surface area contributed by atoms with Gasteiger partial charge < -0.3 is 31.3 Å². The summed E-state index contributed by atoms with van der Waals surface area (Å²) in [6, 6.07) is 14.7. The molecule has 0 saturated carbocycles. The maximum Gasteiger partial charge on any atom is 0.243 e. The van der Waals surface area contributed by atoms with Crippen molar-refractivity contribution < 1.29 is 29.1 Å². The van der Waals surface area contributed by atoms with Crippen molar-refractivity contribution >= 4 is 29.5 Å². The summed E-state index contributed by atoms with van der Waals surface area (Å²) in [7, 11) is 0. The average Bonchev–Trinajstić information content (AvgIpc) is 3.51. The summed E-state index contributed by atoms with van der Waals surface area (Å²) in [5, 5.41) is 21.7. The largest absolute Gasteiger partial charge is 0.508 e. The van der Waals surface area contributed by atoms with Crippen molar-refractivity contribution in [1.82, 2.24) is 26.2 Å². The molecule has 4 rings (SSSR count). The van der Waals surface area contributed by atoms with Crippen LogP contribution in [0.3, 0.4) is 0 Å². The number of phenolic OH excluding ortho intramolecular Hbond substituents is 1. The first-order valence-electron chi connectivity index (χ1n) is 18.3. The summed E-state index contributed by atoms with van der Waals surface area (Å²) >= 11 is 0. The first kappa shape index (κ1) is 38.4. The summed E-state index contributed by atoms with van der Waals surface area (Å²) < 4.78 is 0. The second-order valence-electron chi connectivity index (χ2n) is 14.4. The molecule has 2 heterocycles. The highest BCUT2D eigenvalue weighted by Gasteiger charge is 2.40. The van der Waals surface area contributed by atoms with Crippen molar-refractivity contribution in [1.29, 1.82) is 0 Å². The number of hydrogen-bond acceptors (Lipinski definition) is 6. The van der Waals surface area contributed by atoms with E-state index in [0.29, 0.717) is 32.1 Å². The van der Waals surface area contributed by atoms with Crippen LogP contribution >= 0.6 is 0 Å². The molecule has 5 amide bonds. The molecule has 2 fully saturated rings. The van der Waals surface area contributed by atoms with Gasteiger partial charge >= 0.3 is 0 Å². The zero-order chi connectivity index (χ0) is 36.0. The third-order valence-corrected chi connectivity index (χ3v) is 9.78. The topological polar surface area (TPSA) is 157 Å². The predicted molar refractivity (Wildman–Crippen MR) is 192 cm³/mol. The number of nitrogens with zero attached hydrogens (tertiary/aromatic N) is 1. The van der Waals surface area contributed by atoms with Crippen LogP contribution in [-0.4, -0.2) is 76.8 Å². The SMILES string of the molecule is CC(C)[C@@H]1CC[C@@H](C)CC(=O)N[C@@H](Cc2ccc(O)cc2)C(=O)NCCCC(=O)N2C[C@H](NC(=O)CCCCc3ccccc3)C[C@H]2C(=O)N1. The lowest BCUT2D eigenvalue weighted by molar-refractivity contribution is -0.139. The van der Waals surface area contributed by atoms with Gasteiger partial charge in [0, 0.05) is 50.9 Å². The van der Waals surface area contributed by atoms with Crippen LogP contribution in [0.4, 0.5) is 0 Å². The molecule has 50 heavy (non-hydrogen) atoms. The van der Waals surface area contributed by atoms with E-state index in [1.165, 1.54) is 5.56 Å². The average molecular weight is 690 g/mol. The smallest absolute Gasteiger partial charge is 0.243 e. The fourth-order valence-electron chi connectivity index (χ4n) is 6.81. The molecule has 0 aliphatic carbocycles. The molecule has 2 aliphatic heterocycles. The number of hydrogen-bond donors (Lipinski definition) is 5. The van der Waals surface area contributed by atoms with E-state index in [4.69, 9.17) is 0 Å². The first-order valence-corrected chi connectivity index (χ1v) is 18.3. The van der Waals surface area contributed by atoms with Gasteiger partial charge in [-0.2, -0.15) is 0 Å². The molecular formula is C39H55N5O6. The lowest BCUT2D eigenvalue weighted by Crippen LogP contribution is -2.50. The summed E-state index contributed by atoms with van der Waals surface area (Å²) in [4.78, 5) is 68.2. The fourth-order valence-corrected chi connectivity index (χ4v) is 6.81. The molecule has 0 bridgehead atoms. The Balaban J connectivity index is 1.41. The number of carbonyl (C=O) groups excluding carboxylic acids is 5. The molecule has 2 aromatic carbocycles. The zero-order valence-corrected chi connectivity index (χ0v) is 29.8. The Labute approximate surface area is 296 Å². The van der Waals surface area contributed by atoms with Crippen LogP contribution in [-0.2, 0) is 36.8 Å². The van der Waals surface area contributed by atoms with Crippen LogP contribution < -0.4 is 21.3 Å². The third-order valence-electron chi connectivity index (χ3n) is 9.78. The van der Waals surface area contributed by atoms with E-state index in [0.717, 1.165) is 24.8 Å². The Morgan fingerprint density at radius 2 is 1.68 bits per heavy atom. The summed E-state index contributed by atoms with van der Waals surface area (Å²) in [5.41, 5.74) is 2.03. The van der Waals surface area contributed by atoms with Gasteiger partial charge in [-0.1, -0.05) is 63.2 Å². The lowest BCUT2D eigenvalue weighted by Gasteiger charge is -2.29. The number of aryl methyl sites for hydroxylation is 1. The Bertz CT molecular complexity index is 1430. The van der Waals surface area contributed by atoms with Crippen molar-refractivity contribution in [2.45, 2.75) is 116 Å². The molecule has 5 N–H and O–H groups in total. The Hall–Kier alpha value is -4.41.